The predicted molar refractivity (Wildman–Crippen MR) is 141 cm³/mol. The Labute approximate surface area is 233 Å². The summed E-state index contributed by atoms with van der Waals surface area (Å²) in [4.78, 5) is 36.2. The van der Waals surface area contributed by atoms with Crippen LogP contribution >= 0.6 is 0 Å². The Morgan fingerprint density at radius 1 is 0.850 bits per heavy atom. The van der Waals surface area contributed by atoms with Crippen LogP contribution in [0.25, 0.3) is 0 Å². The highest BCUT2D eigenvalue weighted by Gasteiger charge is 2.52. The third kappa shape index (κ3) is 9.93. The molecule has 1 aromatic carbocycles. The van der Waals surface area contributed by atoms with Crippen LogP contribution in [0.15, 0.2) is 56.2 Å². The first-order valence-electron chi connectivity index (χ1n) is 12.5. The molecule has 0 N–H and O–H groups in total. The van der Waals surface area contributed by atoms with E-state index in [4.69, 9.17) is 42.6 Å². The topological polar surface area (TPSA) is 134 Å². The maximum Gasteiger partial charge on any atom is 0.508 e. The number of esters is 2. The number of carbonyl (C=O) groups excluding carboxylic acids is 3. The molecule has 0 amide bonds. The summed E-state index contributed by atoms with van der Waals surface area (Å²) in [5, 5.41) is 0. The summed E-state index contributed by atoms with van der Waals surface area (Å²) in [6.45, 7) is 15.0. The van der Waals surface area contributed by atoms with Crippen molar-refractivity contribution in [3.05, 3.63) is 56.2 Å². The van der Waals surface area contributed by atoms with Crippen LogP contribution in [0.1, 0.15) is 20.8 Å². The highest BCUT2D eigenvalue weighted by molar-refractivity contribution is 5.67. The molecule has 0 radical (unpaired) electrons. The summed E-state index contributed by atoms with van der Waals surface area (Å²) in [5.41, 5.74) is 0. The lowest BCUT2D eigenvalue weighted by Crippen LogP contribution is -2.63. The average Bonchev–Trinajstić information content (AvgIpc) is 2.91. The first-order valence-corrected chi connectivity index (χ1v) is 12.5. The first-order chi connectivity index (χ1) is 19.2. The summed E-state index contributed by atoms with van der Waals surface area (Å²) < 4.78 is 50.3. The Balaban J connectivity index is 2.48. The van der Waals surface area contributed by atoms with Gasteiger partial charge in [0.25, 0.3) is 0 Å². The lowest BCUT2D eigenvalue weighted by Gasteiger charge is -2.44. The van der Waals surface area contributed by atoms with Gasteiger partial charge in [0.15, 0.2) is 36.1 Å². The van der Waals surface area contributed by atoms with Crippen molar-refractivity contribution in [2.45, 2.75) is 51.5 Å². The minimum atomic E-state index is -1.22. The molecule has 5 atom stereocenters. The van der Waals surface area contributed by atoms with Gasteiger partial charge in [-0.2, -0.15) is 0 Å². The van der Waals surface area contributed by atoms with Gasteiger partial charge in [0.1, 0.15) is 38.3 Å². The van der Waals surface area contributed by atoms with Crippen LogP contribution in [0, 0.1) is 0 Å². The standard InChI is InChI=1S/C28H36O12/c1-7-13-33-21-12-11-20(16-22(21)34-14-8-2)39-24-23(17-36-28(31)35-15-9-3)40-27(32-10-4)26(38-19(6)30)25(24)37-18(5)29/h7-9,11-12,16,23-27H,1-3,10,13-15,17H2,4-6H3/t23-,24-,25+,26-,27-/m1/s1. The van der Waals surface area contributed by atoms with Gasteiger partial charge in [0.2, 0.25) is 0 Å². The Morgan fingerprint density at radius 2 is 1.48 bits per heavy atom. The molecule has 0 aliphatic carbocycles. The Morgan fingerprint density at radius 3 is 2.08 bits per heavy atom. The van der Waals surface area contributed by atoms with Crippen molar-refractivity contribution in [2.24, 2.45) is 0 Å². The van der Waals surface area contributed by atoms with Gasteiger partial charge in [-0.1, -0.05) is 38.0 Å². The fraction of sp³-hybridized carbons (Fsp3) is 0.464. The van der Waals surface area contributed by atoms with Crippen molar-refractivity contribution in [3.63, 3.8) is 0 Å². The van der Waals surface area contributed by atoms with E-state index in [0.717, 1.165) is 0 Å². The third-order valence-corrected chi connectivity index (χ3v) is 5.11. The van der Waals surface area contributed by atoms with Gasteiger partial charge >= 0.3 is 18.1 Å². The van der Waals surface area contributed by atoms with Gasteiger partial charge in [-0.15, -0.1) is 0 Å². The second-order valence-electron chi connectivity index (χ2n) is 8.20. The van der Waals surface area contributed by atoms with E-state index in [1.54, 1.807) is 37.3 Å². The normalized spacial score (nSPS) is 21.7. The molecule has 1 saturated heterocycles. The largest absolute Gasteiger partial charge is 0.508 e. The second kappa shape index (κ2) is 16.8. The Hall–Kier alpha value is -4.03. The van der Waals surface area contributed by atoms with Gasteiger partial charge in [-0.05, 0) is 19.1 Å². The van der Waals surface area contributed by atoms with Crippen LogP contribution < -0.4 is 14.2 Å². The molecule has 1 fully saturated rings. The SMILES string of the molecule is C=CCOC(=O)OC[C@H]1O[C@@H](OCC)[C@H](OC(C)=O)[C@@H](OC(C)=O)[C@@H]1Oc1ccc(OCC=C)c(OCC=C)c1. The fourth-order valence-electron chi connectivity index (χ4n) is 3.66. The average molecular weight is 565 g/mol. The monoisotopic (exact) mass is 564 g/mol. The zero-order chi connectivity index (χ0) is 29.5. The summed E-state index contributed by atoms with van der Waals surface area (Å²) in [5.74, 6) is -0.331. The number of ether oxygens (including phenoxy) is 9. The van der Waals surface area contributed by atoms with Gasteiger partial charge in [0, 0.05) is 26.5 Å². The Bertz CT molecular complexity index is 1020. The van der Waals surface area contributed by atoms with E-state index in [1.807, 2.05) is 0 Å². The van der Waals surface area contributed by atoms with Gasteiger partial charge in [0.05, 0.1) is 0 Å². The molecule has 0 bridgehead atoms. The van der Waals surface area contributed by atoms with E-state index in [9.17, 15) is 14.4 Å². The predicted octanol–water partition coefficient (Wildman–Crippen LogP) is 3.53. The number of benzene rings is 1. The molecule has 1 heterocycles. The lowest BCUT2D eigenvalue weighted by molar-refractivity contribution is -0.301. The van der Waals surface area contributed by atoms with Crippen molar-refractivity contribution in [2.75, 3.05) is 33.0 Å². The van der Waals surface area contributed by atoms with E-state index in [0.29, 0.717) is 11.5 Å². The molecule has 220 valence electrons. The van der Waals surface area contributed by atoms with Crippen LogP contribution in [-0.4, -0.2) is 81.8 Å². The van der Waals surface area contributed by atoms with E-state index >= 15 is 0 Å². The highest BCUT2D eigenvalue weighted by atomic mass is 16.8. The maximum atomic E-state index is 12.1. The van der Waals surface area contributed by atoms with Crippen molar-refractivity contribution < 1.29 is 57.0 Å². The fourth-order valence-corrected chi connectivity index (χ4v) is 3.66. The molecule has 12 heteroatoms. The van der Waals surface area contributed by atoms with E-state index in [1.165, 1.54) is 19.9 Å². The molecule has 0 saturated carbocycles. The van der Waals surface area contributed by atoms with Crippen molar-refractivity contribution in [1.29, 1.82) is 0 Å². The molecule has 0 spiro atoms. The number of hydrogen-bond acceptors (Lipinski definition) is 12. The molecule has 2 rings (SSSR count). The van der Waals surface area contributed by atoms with Crippen molar-refractivity contribution in [1.82, 2.24) is 0 Å². The van der Waals surface area contributed by atoms with Crippen molar-refractivity contribution >= 4 is 18.1 Å². The summed E-state index contributed by atoms with van der Waals surface area (Å²) in [6.07, 6.45) is -2.26. The van der Waals surface area contributed by atoms with Gasteiger partial charge < -0.3 is 42.6 Å². The van der Waals surface area contributed by atoms with Gasteiger partial charge in [-0.25, -0.2) is 4.79 Å². The lowest BCUT2D eigenvalue weighted by atomic mass is 9.98. The minimum Gasteiger partial charge on any atom is -0.486 e. The zero-order valence-electron chi connectivity index (χ0n) is 22.9. The van der Waals surface area contributed by atoms with E-state index in [-0.39, 0.29) is 38.8 Å². The van der Waals surface area contributed by atoms with Crippen LogP contribution in [0.3, 0.4) is 0 Å². The van der Waals surface area contributed by atoms with Crippen LogP contribution in [0.4, 0.5) is 4.79 Å². The first kappa shape index (κ1) is 32.2. The molecule has 1 aliphatic heterocycles. The number of hydrogen-bond donors (Lipinski definition) is 0. The number of rotatable bonds is 16. The molecule has 0 aromatic heterocycles. The van der Waals surface area contributed by atoms with E-state index in [2.05, 4.69) is 19.7 Å². The molecule has 1 aliphatic rings. The highest BCUT2D eigenvalue weighted by Crippen LogP contribution is 2.35. The zero-order valence-corrected chi connectivity index (χ0v) is 22.9. The minimum absolute atomic E-state index is 0.0653. The summed E-state index contributed by atoms with van der Waals surface area (Å²) in [7, 11) is 0. The molecular formula is C28H36O12. The van der Waals surface area contributed by atoms with Crippen molar-refractivity contribution in [3.8, 4) is 17.2 Å². The Kier molecular flexibility index (Phi) is 13.5. The molecule has 0 unspecified atom stereocenters. The maximum absolute atomic E-state index is 12.1. The van der Waals surface area contributed by atoms with Crippen LogP contribution in [0.2, 0.25) is 0 Å². The second-order valence-corrected chi connectivity index (χ2v) is 8.20. The number of carbonyl (C=O) groups is 3. The van der Waals surface area contributed by atoms with Crippen LogP contribution in [-0.2, 0) is 38.0 Å². The molecular weight excluding hydrogens is 528 g/mol. The molecule has 40 heavy (non-hydrogen) atoms. The summed E-state index contributed by atoms with van der Waals surface area (Å²) >= 11 is 0. The molecule has 1 aromatic rings. The third-order valence-electron chi connectivity index (χ3n) is 5.11. The van der Waals surface area contributed by atoms with Crippen LogP contribution in [0.5, 0.6) is 17.2 Å². The quantitative estimate of drug-likeness (QED) is 0.165. The molecule has 12 nitrogen and oxygen atoms in total. The van der Waals surface area contributed by atoms with E-state index < -0.39 is 48.8 Å². The smallest absolute Gasteiger partial charge is 0.486 e. The summed E-state index contributed by atoms with van der Waals surface area (Å²) in [6, 6.07) is 4.76. The van der Waals surface area contributed by atoms with Gasteiger partial charge in [-0.3, -0.25) is 9.59 Å².